The number of nitrogens with zero attached hydrogens (tertiary/aromatic N) is 1. The first-order valence-electron chi connectivity index (χ1n) is 6.39. The molecular weight excluding hydrogens is 292 g/mol. The van der Waals surface area contributed by atoms with E-state index in [1.54, 1.807) is 12.1 Å². The first kappa shape index (κ1) is 15.0. The Morgan fingerprint density at radius 3 is 2.25 bits per heavy atom. The van der Waals surface area contributed by atoms with Gasteiger partial charge in [0.2, 0.25) is 0 Å². The number of carbonyl (C=O) groups excluding carboxylic acids is 2. The summed E-state index contributed by atoms with van der Waals surface area (Å²) in [5, 5.41) is 1.31. The van der Waals surface area contributed by atoms with Gasteiger partial charge in [-0.3, -0.25) is 15.0 Å². The lowest BCUT2D eigenvalue weighted by atomic mass is 10.2. The maximum absolute atomic E-state index is 12.5. The van der Waals surface area contributed by atoms with E-state index in [-0.39, 0.29) is 17.4 Å². The zero-order chi connectivity index (χ0) is 14.5. The third-order valence-electron chi connectivity index (χ3n) is 2.63. The smallest absolute Gasteiger partial charge is 0.267 e. The molecule has 0 bridgehead atoms. The van der Waals surface area contributed by atoms with E-state index in [9.17, 15) is 9.59 Å². The third-order valence-corrected chi connectivity index (χ3v) is 4.84. The molecule has 0 saturated carbocycles. The predicted octanol–water partition coefficient (Wildman–Crippen LogP) is 2.78. The minimum atomic E-state index is -0.323. The molecule has 2 amide bonds. The van der Waals surface area contributed by atoms with Crippen molar-refractivity contribution in [2.45, 2.75) is 13.8 Å². The summed E-state index contributed by atoms with van der Waals surface area (Å²) in [5.74, 6) is 1.06. The molecule has 1 fully saturated rings. The molecule has 20 heavy (non-hydrogen) atoms. The van der Waals surface area contributed by atoms with Crippen LogP contribution in [0.2, 0.25) is 0 Å². The molecule has 106 valence electrons. The second-order valence-corrected chi connectivity index (χ2v) is 6.75. The quantitative estimate of drug-likeness (QED) is 0.671. The van der Waals surface area contributed by atoms with Crippen molar-refractivity contribution in [2.24, 2.45) is 0 Å². The average molecular weight is 308 g/mol. The highest BCUT2D eigenvalue weighted by Crippen LogP contribution is 2.34. The first-order chi connectivity index (χ1) is 9.69. The van der Waals surface area contributed by atoms with Crippen molar-refractivity contribution in [1.29, 1.82) is 0 Å². The van der Waals surface area contributed by atoms with Crippen LogP contribution in [0, 0.1) is 0 Å². The summed E-state index contributed by atoms with van der Waals surface area (Å²) in [6, 6.07) is 9.12. The zero-order valence-corrected chi connectivity index (χ0v) is 13.0. The Kier molecular flexibility index (Phi) is 5.14. The van der Waals surface area contributed by atoms with Gasteiger partial charge in [0.15, 0.2) is 0 Å². The first-order valence-corrected chi connectivity index (χ1v) is 8.36. The van der Waals surface area contributed by atoms with E-state index < -0.39 is 0 Å². The van der Waals surface area contributed by atoms with E-state index in [0.29, 0.717) is 5.69 Å². The highest BCUT2D eigenvalue weighted by atomic mass is 32.2. The Bertz CT molecular complexity index is 535. The fourth-order valence-corrected chi connectivity index (χ4v) is 4.02. The van der Waals surface area contributed by atoms with Crippen LogP contribution in [-0.2, 0) is 9.59 Å². The van der Waals surface area contributed by atoms with Crippen molar-refractivity contribution in [3.63, 3.8) is 0 Å². The van der Waals surface area contributed by atoms with E-state index in [1.165, 1.54) is 28.5 Å². The minimum Gasteiger partial charge on any atom is -0.267 e. The Hall–Kier alpha value is -1.40. The number of amides is 2. The summed E-state index contributed by atoms with van der Waals surface area (Å²) in [6.45, 7) is 4.02. The van der Waals surface area contributed by atoms with Gasteiger partial charge in [0.1, 0.15) is 5.57 Å². The SMILES string of the molecule is CCSC(SCC)=C1C(=O)NN(c2ccccc2)C1=O. The Labute approximate surface area is 127 Å². The van der Waals surface area contributed by atoms with Gasteiger partial charge in [-0.2, -0.15) is 0 Å². The van der Waals surface area contributed by atoms with E-state index >= 15 is 0 Å². The van der Waals surface area contributed by atoms with Crippen molar-refractivity contribution in [3.05, 3.63) is 40.1 Å². The molecule has 1 heterocycles. The molecule has 1 N–H and O–H groups in total. The molecule has 1 aliphatic rings. The summed E-state index contributed by atoms with van der Waals surface area (Å²) in [6.07, 6.45) is 0. The molecule has 0 spiro atoms. The number of para-hydroxylation sites is 1. The molecular formula is C14H16N2O2S2. The summed E-state index contributed by atoms with van der Waals surface area (Å²) in [4.78, 5) is 24.6. The lowest BCUT2D eigenvalue weighted by molar-refractivity contribution is -0.117. The third kappa shape index (κ3) is 3.02. The van der Waals surface area contributed by atoms with Gasteiger partial charge in [-0.05, 0) is 23.6 Å². The summed E-state index contributed by atoms with van der Waals surface area (Å²) >= 11 is 3.07. The molecule has 0 atom stereocenters. The monoisotopic (exact) mass is 308 g/mol. The number of nitrogens with one attached hydrogen (secondary N) is 1. The Morgan fingerprint density at radius 2 is 1.70 bits per heavy atom. The summed E-state index contributed by atoms with van der Waals surface area (Å²) in [7, 11) is 0. The van der Waals surface area contributed by atoms with Gasteiger partial charge in [-0.25, -0.2) is 5.01 Å². The average Bonchev–Trinajstić information content (AvgIpc) is 2.75. The second-order valence-electron chi connectivity index (χ2n) is 3.95. The van der Waals surface area contributed by atoms with E-state index in [1.807, 2.05) is 32.0 Å². The lowest BCUT2D eigenvalue weighted by Crippen LogP contribution is -2.35. The Balaban J connectivity index is 2.35. The molecule has 1 aromatic carbocycles. The number of thioether (sulfide) groups is 2. The number of benzene rings is 1. The standard InChI is InChI=1S/C14H16N2O2S2/c1-3-19-14(20-4-2)11-12(17)15-16(13(11)18)10-8-6-5-7-9-10/h5-9H,3-4H2,1-2H3,(H,15,17). The van der Waals surface area contributed by atoms with E-state index in [4.69, 9.17) is 0 Å². The topological polar surface area (TPSA) is 49.4 Å². The molecule has 1 aromatic rings. The normalized spacial score (nSPS) is 14.7. The van der Waals surface area contributed by atoms with Crippen LogP contribution in [0.1, 0.15) is 13.8 Å². The number of hydrogen-bond donors (Lipinski definition) is 1. The second kappa shape index (κ2) is 6.85. The van der Waals surface area contributed by atoms with Crippen molar-refractivity contribution in [2.75, 3.05) is 16.5 Å². The fraction of sp³-hybridized carbons (Fsp3) is 0.286. The van der Waals surface area contributed by atoms with Crippen LogP contribution in [0.5, 0.6) is 0 Å². The number of hydrogen-bond acceptors (Lipinski definition) is 4. The van der Waals surface area contributed by atoms with Gasteiger partial charge in [0.05, 0.1) is 9.92 Å². The van der Waals surface area contributed by atoms with Crippen LogP contribution in [0.25, 0.3) is 0 Å². The van der Waals surface area contributed by atoms with Gasteiger partial charge in [-0.1, -0.05) is 32.0 Å². The highest BCUT2D eigenvalue weighted by Gasteiger charge is 2.37. The van der Waals surface area contributed by atoms with Crippen LogP contribution in [0.15, 0.2) is 40.1 Å². The molecule has 6 heteroatoms. The van der Waals surface area contributed by atoms with Gasteiger partial charge >= 0.3 is 0 Å². The lowest BCUT2D eigenvalue weighted by Gasteiger charge is -2.14. The van der Waals surface area contributed by atoms with E-state index in [2.05, 4.69) is 5.43 Å². The number of carbonyl (C=O) groups is 2. The van der Waals surface area contributed by atoms with Crippen molar-refractivity contribution in [3.8, 4) is 0 Å². The van der Waals surface area contributed by atoms with Crippen LogP contribution >= 0.6 is 23.5 Å². The summed E-state index contributed by atoms with van der Waals surface area (Å²) in [5.41, 5.74) is 3.55. The molecule has 2 rings (SSSR count). The number of rotatable bonds is 5. The Morgan fingerprint density at radius 1 is 1.10 bits per heavy atom. The van der Waals surface area contributed by atoms with Crippen molar-refractivity contribution in [1.82, 2.24) is 5.43 Å². The van der Waals surface area contributed by atoms with Gasteiger partial charge < -0.3 is 0 Å². The molecule has 0 aromatic heterocycles. The largest absolute Gasteiger partial charge is 0.284 e. The predicted molar refractivity (Wildman–Crippen MR) is 85.4 cm³/mol. The molecule has 0 unspecified atom stereocenters. The van der Waals surface area contributed by atoms with E-state index in [0.717, 1.165) is 15.7 Å². The number of anilines is 1. The minimum absolute atomic E-state index is 0.257. The van der Waals surface area contributed by atoms with Crippen molar-refractivity contribution < 1.29 is 9.59 Å². The van der Waals surface area contributed by atoms with Gasteiger partial charge in [0.25, 0.3) is 11.8 Å². The van der Waals surface area contributed by atoms with Crippen LogP contribution in [-0.4, -0.2) is 23.3 Å². The molecule has 0 radical (unpaired) electrons. The maximum Gasteiger partial charge on any atom is 0.284 e. The molecule has 4 nitrogen and oxygen atoms in total. The van der Waals surface area contributed by atoms with Gasteiger partial charge in [0, 0.05) is 0 Å². The molecule has 0 aliphatic carbocycles. The molecule has 1 aliphatic heterocycles. The zero-order valence-electron chi connectivity index (χ0n) is 11.4. The maximum atomic E-state index is 12.5. The van der Waals surface area contributed by atoms with Gasteiger partial charge in [-0.15, -0.1) is 23.5 Å². The van der Waals surface area contributed by atoms with Crippen LogP contribution < -0.4 is 10.4 Å². The number of hydrazine groups is 1. The fourth-order valence-electron chi connectivity index (χ4n) is 1.80. The van der Waals surface area contributed by atoms with Crippen LogP contribution in [0.3, 0.4) is 0 Å². The highest BCUT2D eigenvalue weighted by molar-refractivity contribution is 8.22. The summed E-state index contributed by atoms with van der Waals surface area (Å²) < 4.78 is 0.802. The van der Waals surface area contributed by atoms with Crippen LogP contribution in [0.4, 0.5) is 5.69 Å². The van der Waals surface area contributed by atoms with Crippen molar-refractivity contribution >= 4 is 41.0 Å². The molecule has 1 saturated heterocycles.